The Labute approximate surface area is 152 Å². The van der Waals surface area contributed by atoms with E-state index in [-0.39, 0.29) is 4.90 Å². The summed E-state index contributed by atoms with van der Waals surface area (Å²) in [6.45, 7) is 3.92. The first-order valence-corrected chi connectivity index (χ1v) is 9.80. The molecule has 2 aromatic heterocycles. The average molecular weight is 372 g/mol. The summed E-state index contributed by atoms with van der Waals surface area (Å²) in [7, 11) is -1.39. The molecule has 0 unspecified atom stereocenters. The van der Waals surface area contributed by atoms with Crippen LogP contribution in [0.15, 0.2) is 41.4 Å². The van der Waals surface area contributed by atoms with Crippen molar-refractivity contribution in [1.29, 1.82) is 0 Å². The lowest BCUT2D eigenvalue weighted by atomic mass is 10.2. The van der Waals surface area contributed by atoms with Crippen LogP contribution in [0.4, 0.5) is 23.3 Å². The van der Waals surface area contributed by atoms with Crippen LogP contribution in [0.2, 0.25) is 0 Å². The third-order valence-electron chi connectivity index (χ3n) is 4.07. The van der Waals surface area contributed by atoms with Gasteiger partial charge in [0.15, 0.2) is 9.84 Å². The van der Waals surface area contributed by atoms with E-state index in [2.05, 4.69) is 25.5 Å². The van der Waals surface area contributed by atoms with Crippen molar-refractivity contribution in [3.63, 3.8) is 0 Å². The van der Waals surface area contributed by atoms with Gasteiger partial charge < -0.3 is 10.2 Å². The molecule has 9 heteroatoms. The van der Waals surface area contributed by atoms with Gasteiger partial charge in [0.2, 0.25) is 5.95 Å². The minimum absolute atomic E-state index is 0.235. The predicted octanol–water partition coefficient (Wildman–Crippen LogP) is 2.73. The second-order valence-electron chi connectivity index (χ2n) is 6.01. The molecule has 136 valence electrons. The molecule has 0 radical (unpaired) electrons. The van der Waals surface area contributed by atoms with Crippen LogP contribution in [0, 0.1) is 13.8 Å². The van der Waals surface area contributed by atoms with Gasteiger partial charge in [-0.1, -0.05) is 6.07 Å². The van der Waals surface area contributed by atoms with E-state index in [1.807, 2.05) is 25.8 Å². The molecule has 0 aliphatic rings. The zero-order valence-corrected chi connectivity index (χ0v) is 15.8. The van der Waals surface area contributed by atoms with Crippen molar-refractivity contribution < 1.29 is 8.42 Å². The second kappa shape index (κ2) is 6.75. The average Bonchev–Trinajstić information content (AvgIpc) is 2.93. The Morgan fingerprint density at radius 1 is 1.19 bits per heavy atom. The van der Waals surface area contributed by atoms with Gasteiger partial charge in [0, 0.05) is 30.8 Å². The standard InChI is InChI=1S/C17H20N6O2S/c1-11-12(2)21-22-16(11)23(3)15-8-9-18-17(20-15)19-13-6-5-7-14(10-13)26(4,24)25/h5-10H,1-4H3,(H,21,22)(H,18,19,20). The molecular formula is C17H20N6O2S. The molecule has 0 amide bonds. The Balaban J connectivity index is 1.87. The highest BCUT2D eigenvalue weighted by Gasteiger charge is 2.14. The third kappa shape index (κ3) is 3.67. The molecule has 0 spiro atoms. The van der Waals surface area contributed by atoms with Crippen LogP contribution in [0.25, 0.3) is 0 Å². The Hall–Kier alpha value is -2.94. The van der Waals surface area contributed by atoms with E-state index in [4.69, 9.17) is 0 Å². The summed E-state index contributed by atoms with van der Waals surface area (Å²) in [5.74, 6) is 1.90. The van der Waals surface area contributed by atoms with Crippen molar-refractivity contribution in [3.05, 3.63) is 47.8 Å². The number of benzene rings is 1. The summed E-state index contributed by atoms with van der Waals surface area (Å²) in [6.07, 6.45) is 2.81. The van der Waals surface area contributed by atoms with Gasteiger partial charge in [-0.3, -0.25) is 5.10 Å². The predicted molar refractivity (Wildman–Crippen MR) is 101 cm³/mol. The molecule has 0 saturated carbocycles. The normalized spacial score (nSPS) is 11.4. The van der Waals surface area contributed by atoms with Crippen LogP contribution in [0.1, 0.15) is 11.3 Å². The number of rotatable bonds is 5. The number of hydrogen-bond donors (Lipinski definition) is 2. The first-order chi connectivity index (χ1) is 12.3. The lowest BCUT2D eigenvalue weighted by Gasteiger charge is -2.17. The lowest BCUT2D eigenvalue weighted by molar-refractivity contribution is 0.602. The highest BCUT2D eigenvalue weighted by molar-refractivity contribution is 7.90. The molecule has 0 aliphatic heterocycles. The van der Waals surface area contributed by atoms with Crippen LogP contribution in [0.3, 0.4) is 0 Å². The summed E-state index contributed by atoms with van der Waals surface area (Å²) < 4.78 is 23.4. The zero-order chi connectivity index (χ0) is 18.9. The maximum absolute atomic E-state index is 11.7. The van der Waals surface area contributed by atoms with E-state index in [0.717, 1.165) is 17.1 Å². The number of sulfone groups is 1. The maximum Gasteiger partial charge on any atom is 0.229 e. The molecule has 0 bridgehead atoms. The molecule has 0 fully saturated rings. The number of H-pyrrole nitrogens is 1. The van der Waals surface area contributed by atoms with E-state index in [1.165, 1.54) is 6.26 Å². The summed E-state index contributed by atoms with van der Waals surface area (Å²) >= 11 is 0. The minimum atomic E-state index is -3.28. The van der Waals surface area contributed by atoms with Gasteiger partial charge in [-0.05, 0) is 38.1 Å². The monoisotopic (exact) mass is 372 g/mol. The molecule has 0 atom stereocenters. The molecule has 3 rings (SSSR count). The van der Waals surface area contributed by atoms with Gasteiger partial charge >= 0.3 is 0 Å². The number of hydrogen-bond acceptors (Lipinski definition) is 7. The second-order valence-corrected chi connectivity index (χ2v) is 8.02. The van der Waals surface area contributed by atoms with E-state index < -0.39 is 9.84 Å². The molecular weight excluding hydrogens is 352 g/mol. The van der Waals surface area contributed by atoms with Gasteiger partial charge in [-0.25, -0.2) is 13.4 Å². The molecule has 3 aromatic rings. The summed E-state index contributed by atoms with van der Waals surface area (Å²) in [6, 6.07) is 8.32. The van der Waals surface area contributed by atoms with Crippen LogP contribution >= 0.6 is 0 Å². The summed E-state index contributed by atoms with van der Waals surface area (Å²) in [5.41, 5.74) is 2.57. The molecule has 26 heavy (non-hydrogen) atoms. The third-order valence-corrected chi connectivity index (χ3v) is 5.18. The fourth-order valence-corrected chi connectivity index (χ4v) is 3.11. The molecule has 0 aliphatic carbocycles. The van der Waals surface area contributed by atoms with Crippen molar-refractivity contribution in [2.24, 2.45) is 0 Å². The first kappa shape index (κ1) is 17.9. The Morgan fingerprint density at radius 3 is 2.62 bits per heavy atom. The number of aromatic nitrogens is 4. The molecule has 8 nitrogen and oxygen atoms in total. The molecule has 2 heterocycles. The summed E-state index contributed by atoms with van der Waals surface area (Å²) in [5, 5.41) is 10.2. The first-order valence-electron chi connectivity index (χ1n) is 7.91. The Kier molecular flexibility index (Phi) is 4.64. The highest BCUT2D eigenvalue weighted by Crippen LogP contribution is 2.25. The van der Waals surface area contributed by atoms with Crippen molar-refractivity contribution in [1.82, 2.24) is 20.2 Å². The van der Waals surface area contributed by atoms with Crippen LogP contribution in [-0.4, -0.2) is 41.9 Å². The van der Waals surface area contributed by atoms with Crippen molar-refractivity contribution in [2.45, 2.75) is 18.7 Å². The zero-order valence-electron chi connectivity index (χ0n) is 15.0. The highest BCUT2D eigenvalue weighted by atomic mass is 32.2. The number of nitrogens with one attached hydrogen (secondary N) is 2. The number of nitrogens with zero attached hydrogens (tertiary/aromatic N) is 4. The topological polar surface area (TPSA) is 104 Å². The van der Waals surface area contributed by atoms with Gasteiger partial charge in [0.05, 0.1) is 10.6 Å². The van der Waals surface area contributed by atoms with Gasteiger partial charge in [-0.2, -0.15) is 10.1 Å². The van der Waals surface area contributed by atoms with Crippen LogP contribution < -0.4 is 10.2 Å². The largest absolute Gasteiger partial charge is 0.324 e. The number of aryl methyl sites for hydroxylation is 1. The number of anilines is 4. The van der Waals surface area contributed by atoms with Crippen molar-refractivity contribution in [3.8, 4) is 0 Å². The van der Waals surface area contributed by atoms with E-state index in [1.54, 1.807) is 36.5 Å². The molecule has 0 saturated heterocycles. The van der Waals surface area contributed by atoms with Crippen LogP contribution in [-0.2, 0) is 9.84 Å². The van der Waals surface area contributed by atoms with E-state index in [0.29, 0.717) is 17.5 Å². The smallest absolute Gasteiger partial charge is 0.229 e. The Morgan fingerprint density at radius 2 is 1.96 bits per heavy atom. The number of aromatic amines is 1. The molecule has 1 aromatic carbocycles. The van der Waals surface area contributed by atoms with E-state index in [9.17, 15) is 8.42 Å². The molecule has 2 N–H and O–H groups in total. The van der Waals surface area contributed by atoms with Gasteiger partial charge in [0.25, 0.3) is 0 Å². The quantitative estimate of drug-likeness (QED) is 0.709. The SMILES string of the molecule is Cc1n[nH]c(N(C)c2ccnc(Nc3cccc(S(C)(=O)=O)c3)n2)c1C. The fourth-order valence-electron chi connectivity index (χ4n) is 2.45. The maximum atomic E-state index is 11.7. The van der Waals surface area contributed by atoms with Crippen molar-refractivity contribution >= 4 is 33.1 Å². The van der Waals surface area contributed by atoms with Gasteiger partial charge in [0.1, 0.15) is 11.6 Å². The van der Waals surface area contributed by atoms with E-state index >= 15 is 0 Å². The fraction of sp³-hybridized carbons (Fsp3) is 0.235. The minimum Gasteiger partial charge on any atom is -0.324 e. The van der Waals surface area contributed by atoms with Gasteiger partial charge in [-0.15, -0.1) is 0 Å². The van der Waals surface area contributed by atoms with Crippen LogP contribution in [0.5, 0.6) is 0 Å². The summed E-state index contributed by atoms with van der Waals surface area (Å²) in [4.78, 5) is 10.8. The lowest BCUT2D eigenvalue weighted by Crippen LogP contribution is -2.14. The Bertz CT molecular complexity index is 1040. The van der Waals surface area contributed by atoms with Crippen molar-refractivity contribution in [2.75, 3.05) is 23.5 Å².